The molecule has 1 unspecified atom stereocenters. The first-order chi connectivity index (χ1) is 9.47. The van der Waals surface area contributed by atoms with Gasteiger partial charge in [0.05, 0.1) is 5.92 Å². The van der Waals surface area contributed by atoms with Crippen molar-refractivity contribution in [3.63, 3.8) is 0 Å². The number of rotatable bonds is 13. The van der Waals surface area contributed by atoms with Gasteiger partial charge in [-0.05, 0) is 32.2 Å². The Balaban J connectivity index is 3.78. The summed E-state index contributed by atoms with van der Waals surface area (Å²) in [4.78, 5) is 13.4. The molecular formula is C16H33NO3. The predicted molar refractivity (Wildman–Crippen MR) is 83.0 cm³/mol. The van der Waals surface area contributed by atoms with Crippen LogP contribution in [0.2, 0.25) is 0 Å². The quantitative estimate of drug-likeness (QED) is 0.528. The molecule has 0 radical (unpaired) electrons. The van der Waals surface area contributed by atoms with E-state index in [2.05, 4.69) is 25.7 Å². The van der Waals surface area contributed by atoms with Crippen LogP contribution in [0.4, 0.5) is 0 Å². The van der Waals surface area contributed by atoms with Gasteiger partial charge >= 0.3 is 5.97 Å². The maximum absolute atomic E-state index is 11.3. The first-order valence-corrected chi connectivity index (χ1v) is 7.96. The van der Waals surface area contributed by atoms with Crippen LogP contribution < -0.4 is 0 Å². The standard InChI is InChI=1S/C16H33NO3/c1-5-6-7-10-20-11-8-9-15(16(18)19)13-17(4)12-14(2)3/h14-15H,5-13H2,1-4H3,(H,18,19). The Morgan fingerprint density at radius 1 is 1.15 bits per heavy atom. The van der Waals surface area contributed by atoms with E-state index in [1.807, 2.05) is 7.05 Å². The predicted octanol–water partition coefficient (Wildman–Crippen LogP) is 3.26. The molecule has 0 aromatic carbocycles. The van der Waals surface area contributed by atoms with Crippen molar-refractivity contribution in [1.29, 1.82) is 0 Å². The second-order valence-electron chi connectivity index (χ2n) is 6.11. The molecule has 0 aliphatic carbocycles. The lowest BCUT2D eigenvalue weighted by Crippen LogP contribution is -2.33. The monoisotopic (exact) mass is 287 g/mol. The summed E-state index contributed by atoms with van der Waals surface area (Å²) in [6, 6.07) is 0. The van der Waals surface area contributed by atoms with Crippen molar-refractivity contribution < 1.29 is 14.6 Å². The van der Waals surface area contributed by atoms with Gasteiger partial charge in [-0.3, -0.25) is 4.79 Å². The van der Waals surface area contributed by atoms with Gasteiger partial charge in [0, 0.05) is 26.3 Å². The largest absolute Gasteiger partial charge is 0.481 e. The van der Waals surface area contributed by atoms with Crippen LogP contribution >= 0.6 is 0 Å². The summed E-state index contributed by atoms with van der Waals surface area (Å²) < 4.78 is 5.53. The fourth-order valence-electron chi connectivity index (χ4n) is 2.35. The highest BCUT2D eigenvalue weighted by molar-refractivity contribution is 5.70. The van der Waals surface area contributed by atoms with Crippen molar-refractivity contribution in [2.75, 3.05) is 33.4 Å². The summed E-state index contributed by atoms with van der Waals surface area (Å²) in [5.74, 6) is -0.402. The number of carbonyl (C=O) groups is 1. The van der Waals surface area contributed by atoms with E-state index in [9.17, 15) is 9.90 Å². The van der Waals surface area contributed by atoms with Gasteiger partial charge in [0.1, 0.15) is 0 Å². The molecule has 0 aliphatic rings. The molecule has 0 aromatic rings. The third-order valence-corrected chi connectivity index (χ3v) is 3.29. The topological polar surface area (TPSA) is 49.8 Å². The third-order valence-electron chi connectivity index (χ3n) is 3.29. The van der Waals surface area contributed by atoms with Crippen molar-refractivity contribution in [3.05, 3.63) is 0 Å². The van der Waals surface area contributed by atoms with Crippen LogP contribution in [0.15, 0.2) is 0 Å². The normalized spacial score (nSPS) is 13.1. The average Bonchev–Trinajstić information content (AvgIpc) is 2.35. The van der Waals surface area contributed by atoms with E-state index in [0.717, 1.165) is 26.0 Å². The minimum absolute atomic E-state index is 0.280. The Morgan fingerprint density at radius 2 is 1.80 bits per heavy atom. The van der Waals surface area contributed by atoms with Crippen LogP contribution in [0.5, 0.6) is 0 Å². The Labute approximate surface area is 124 Å². The second-order valence-corrected chi connectivity index (χ2v) is 6.11. The third kappa shape index (κ3) is 11.2. The second kappa shape index (κ2) is 12.2. The zero-order valence-corrected chi connectivity index (χ0v) is 13.7. The molecule has 0 heterocycles. The molecule has 0 fully saturated rings. The number of carboxylic acid groups (broad SMARTS) is 1. The molecule has 0 aromatic heterocycles. The lowest BCUT2D eigenvalue weighted by Gasteiger charge is -2.23. The molecule has 0 spiro atoms. The number of carboxylic acids is 1. The summed E-state index contributed by atoms with van der Waals surface area (Å²) in [5.41, 5.74) is 0. The Hall–Kier alpha value is -0.610. The number of hydrogen-bond donors (Lipinski definition) is 1. The number of ether oxygens (including phenoxy) is 1. The zero-order chi connectivity index (χ0) is 15.4. The van der Waals surface area contributed by atoms with Crippen LogP contribution in [0.1, 0.15) is 52.9 Å². The maximum atomic E-state index is 11.3. The van der Waals surface area contributed by atoms with Gasteiger partial charge in [-0.2, -0.15) is 0 Å². The van der Waals surface area contributed by atoms with Crippen LogP contribution in [0.3, 0.4) is 0 Å². The van der Waals surface area contributed by atoms with Crippen molar-refractivity contribution in [2.24, 2.45) is 11.8 Å². The van der Waals surface area contributed by atoms with Gasteiger partial charge in [0.15, 0.2) is 0 Å². The van der Waals surface area contributed by atoms with E-state index in [0.29, 0.717) is 25.5 Å². The van der Waals surface area contributed by atoms with Crippen LogP contribution in [-0.4, -0.2) is 49.3 Å². The van der Waals surface area contributed by atoms with Crippen molar-refractivity contribution in [1.82, 2.24) is 4.90 Å². The smallest absolute Gasteiger partial charge is 0.307 e. The molecule has 0 bridgehead atoms. The molecule has 0 saturated carbocycles. The highest BCUT2D eigenvalue weighted by Gasteiger charge is 2.19. The highest BCUT2D eigenvalue weighted by atomic mass is 16.5. The van der Waals surface area contributed by atoms with Gasteiger partial charge in [-0.15, -0.1) is 0 Å². The van der Waals surface area contributed by atoms with Crippen LogP contribution in [-0.2, 0) is 9.53 Å². The Bertz CT molecular complexity index is 244. The fraction of sp³-hybridized carbons (Fsp3) is 0.938. The van der Waals surface area contributed by atoms with E-state index in [1.54, 1.807) is 0 Å². The first kappa shape index (κ1) is 19.4. The molecule has 1 atom stereocenters. The average molecular weight is 287 g/mol. The number of hydrogen-bond acceptors (Lipinski definition) is 3. The zero-order valence-electron chi connectivity index (χ0n) is 13.7. The van der Waals surface area contributed by atoms with E-state index in [4.69, 9.17) is 4.74 Å². The van der Waals surface area contributed by atoms with Gasteiger partial charge < -0.3 is 14.7 Å². The summed E-state index contributed by atoms with van der Waals surface area (Å²) in [5, 5.41) is 9.26. The molecule has 120 valence electrons. The highest BCUT2D eigenvalue weighted by Crippen LogP contribution is 2.10. The molecular weight excluding hydrogens is 254 g/mol. The number of nitrogens with zero attached hydrogens (tertiary/aromatic N) is 1. The summed E-state index contributed by atoms with van der Waals surface area (Å²) in [6.45, 7) is 9.53. The van der Waals surface area contributed by atoms with E-state index in [1.165, 1.54) is 12.8 Å². The van der Waals surface area contributed by atoms with Crippen LogP contribution in [0, 0.1) is 11.8 Å². The summed E-state index contributed by atoms with van der Waals surface area (Å²) >= 11 is 0. The van der Waals surface area contributed by atoms with Crippen molar-refractivity contribution in [3.8, 4) is 0 Å². The summed E-state index contributed by atoms with van der Waals surface area (Å²) in [6.07, 6.45) is 5.05. The van der Waals surface area contributed by atoms with Gasteiger partial charge in [-0.1, -0.05) is 33.6 Å². The fourth-order valence-corrected chi connectivity index (χ4v) is 2.35. The van der Waals surface area contributed by atoms with Crippen LogP contribution in [0.25, 0.3) is 0 Å². The maximum Gasteiger partial charge on any atom is 0.307 e. The molecule has 20 heavy (non-hydrogen) atoms. The van der Waals surface area contributed by atoms with Crippen molar-refractivity contribution in [2.45, 2.75) is 52.9 Å². The minimum Gasteiger partial charge on any atom is -0.481 e. The van der Waals surface area contributed by atoms with E-state index < -0.39 is 5.97 Å². The van der Waals surface area contributed by atoms with E-state index in [-0.39, 0.29) is 5.92 Å². The van der Waals surface area contributed by atoms with Gasteiger partial charge in [0.25, 0.3) is 0 Å². The van der Waals surface area contributed by atoms with Gasteiger partial charge in [-0.25, -0.2) is 0 Å². The molecule has 4 heteroatoms. The first-order valence-electron chi connectivity index (χ1n) is 7.96. The lowest BCUT2D eigenvalue weighted by molar-refractivity contribution is -0.142. The Morgan fingerprint density at radius 3 is 2.35 bits per heavy atom. The molecule has 0 rings (SSSR count). The SMILES string of the molecule is CCCCCOCCCC(CN(C)CC(C)C)C(=O)O. The van der Waals surface area contributed by atoms with Crippen molar-refractivity contribution >= 4 is 5.97 Å². The molecule has 0 saturated heterocycles. The lowest BCUT2D eigenvalue weighted by atomic mass is 10.0. The summed E-state index contributed by atoms with van der Waals surface area (Å²) in [7, 11) is 2.00. The van der Waals surface area contributed by atoms with E-state index >= 15 is 0 Å². The number of unbranched alkanes of at least 4 members (excludes halogenated alkanes) is 2. The molecule has 0 amide bonds. The molecule has 0 aliphatic heterocycles. The van der Waals surface area contributed by atoms with Gasteiger partial charge in [0.2, 0.25) is 0 Å². The molecule has 1 N–H and O–H groups in total. The molecule has 4 nitrogen and oxygen atoms in total. The Kier molecular flexibility index (Phi) is 11.8. The number of aliphatic carboxylic acids is 1. The minimum atomic E-state index is -0.688.